The molecule has 0 aliphatic heterocycles. The Hall–Kier alpha value is -1.12. The molecule has 0 rings (SSSR count). The number of nitrogens with two attached hydrogens (primary N) is 1. The van der Waals surface area contributed by atoms with Gasteiger partial charge in [0.15, 0.2) is 0 Å². The molecule has 2 N–H and O–H groups in total. The number of amides is 1. The van der Waals surface area contributed by atoms with Gasteiger partial charge < -0.3 is 5.73 Å². The zero-order valence-corrected chi connectivity index (χ0v) is 4.72. The first-order chi connectivity index (χ1) is 3.68. The standard InChI is InChI=1S/C5H8N2O/c1-3-7-4(2)5(6)8/h3H,2H2,1H3,(H2,6,8). The molecule has 0 aliphatic rings. The van der Waals surface area contributed by atoms with Crippen molar-refractivity contribution in [1.29, 1.82) is 0 Å². The quantitative estimate of drug-likeness (QED) is 0.399. The van der Waals surface area contributed by atoms with E-state index >= 15 is 0 Å². The second-order valence-corrected chi connectivity index (χ2v) is 1.20. The van der Waals surface area contributed by atoms with Gasteiger partial charge in [-0.15, -0.1) is 0 Å². The molecular weight excluding hydrogens is 104 g/mol. The monoisotopic (exact) mass is 112 g/mol. The average Bonchev–Trinajstić information content (AvgIpc) is 1.67. The molecule has 0 heterocycles. The van der Waals surface area contributed by atoms with Gasteiger partial charge in [-0.3, -0.25) is 9.79 Å². The van der Waals surface area contributed by atoms with Gasteiger partial charge >= 0.3 is 0 Å². The smallest absolute Gasteiger partial charge is 0.266 e. The van der Waals surface area contributed by atoms with Crippen molar-refractivity contribution in [3.63, 3.8) is 0 Å². The number of hydrogen-bond donors (Lipinski definition) is 1. The van der Waals surface area contributed by atoms with Crippen LogP contribution in [-0.2, 0) is 4.79 Å². The summed E-state index contributed by atoms with van der Waals surface area (Å²) in [5, 5.41) is 0. The summed E-state index contributed by atoms with van der Waals surface area (Å²) in [6.07, 6.45) is 1.47. The molecule has 8 heavy (non-hydrogen) atoms. The number of primary amides is 1. The fraction of sp³-hybridized carbons (Fsp3) is 0.200. The van der Waals surface area contributed by atoms with Gasteiger partial charge in [-0.25, -0.2) is 0 Å². The third-order valence-corrected chi connectivity index (χ3v) is 0.569. The van der Waals surface area contributed by atoms with Crippen LogP contribution in [0.2, 0.25) is 0 Å². The van der Waals surface area contributed by atoms with E-state index in [0.717, 1.165) is 0 Å². The second kappa shape index (κ2) is 2.96. The Balaban J connectivity index is 3.85. The molecule has 0 saturated heterocycles. The summed E-state index contributed by atoms with van der Waals surface area (Å²) in [6.45, 7) is 4.96. The van der Waals surface area contributed by atoms with Gasteiger partial charge in [0.1, 0.15) is 5.70 Å². The van der Waals surface area contributed by atoms with Crippen LogP contribution in [0.4, 0.5) is 0 Å². The molecule has 0 radical (unpaired) electrons. The number of rotatable bonds is 2. The number of carbonyl (C=O) groups excluding carboxylic acids is 1. The molecule has 0 spiro atoms. The number of aliphatic imine (C=N–C) groups is 1. The number of nitrogens with zero attached hydrogens (tertiary/aromatic N) is 1. The van der Waals surface area contributed by atoms with Crippen molar-refractivity contribution in [3.05, 3.63) is 12.3 Å². The lowest BCUT2D eigenvalue weighted by Crippen LogP contribution is -2.11. The number of hydrogen-bond acceptors (Lipinski definition) is 2. The largest absolute Gasteiger partial charge is 0.364 e. The van der Waals surface area contributed by atoms with Gasteiger partial charge in [-0.1, -0.05) is 6.58 Å². The van der Waals surface area contributed by atoms with Crippen LogP contribution in [0.1, 0.15) is 6.92 Å². The van der Waals surface area contributed by atoms with E-state index in [9.17, 15) is 4.79 Å². The first kappa shape index (κ1) is 6.88. The molecule has 0 saturated carbocycles. The van der Waals surface area contributed by atoms with Crippen LogP contribution in [0.3, 0.4) is 0 Å². The Morgan fingerprint density at radius 2 is 2.38 bits per heavy atom. The molecule has 0 aromatic carbocycles. The fourth-order valence-electron chi connectivity index (χ4n) is 0.219. The number of carbonyl (C=O) groups is 1. The van der Waals surface area contributed by atoms with Crippen LogP contribution in [-0.4, -0.2) is 12.1 Å². The Bertz CT molecular complexity index is 137. The van der Waals surface area contributed by atoms with Gasteiger partial charge in [0.25, 0.3) is 5.91 Å². The van der Waals surface area contributed by atoms with Crippen LogP contribution in [0.25, 0.3) is 0 Å². The normalized spacial score (nSPS) is 9.62. The maximum absolute atomic E-state index is 10.1. The summed E-state index contributed by atoms with van der Waals surface area (Å²) in [4.78, 5) is 13.6. The SMILES string of the molecule is C=C(N=CC)C(N)=O. The highest BCUT2D eigenvalue weighted by atomic mass is 16.1. The van der Waals surface area contributed by atoms with E-state index in [2.05, 4.69) is 11.6 Å². The Kier molecular flexibility index (Phi) is 2.54. The maximum atomic E-state index is 10.1. The average molecular weight is 112 g/mol. The molecule has 3 heteroatoms. The van der Waals surface area contributed by atoms with Crippen LogP contribution in [0.15, 0.2) is 17.3 Å². The predicted octanol–water partition coefficient (Wildman–Crippen LogP) is 0.0761. The highest BCUT2D eigenvalue weighted by Crippen LogP contribution is 1.85. The summed E-state index contributed by atoms with van der Waals surface area (Å²) in [5.41, 5.74) is 4.86. The van der Waals surface area contributed by atoms with Crippen molar-refractivity contribution in [1.82, 2.24) is 0 Å². The molecule has 0 bridgehead atoms. The first-order valence-electron chi connectivity index (χ1n) is 2.16. The zero-order chi connectivity index (χ0) is 6.57. The predicted molar refractivity (Wildman–Crippen MR) is 32.5 cm³/mol. The van der Waals surface area contributed by atoms with E-state index in [1.165, 1.54) is 6.21 Å². The van der Waals surface area contributed by atoms with E-state index in [4.69, 9.17) is 5.73 Å². The molecule has 0 atom stereocenters. The lowest BCUT2D eigenvalue weighted by Gasteiger charge is -1.86. The van der Waals surface area contributed by atoms with E-state index in [1.807, 2.05) is 0 Å². The van der Waals surface area contributed by atoms with Gasteiger partial charge in [0.2, 0.25) is 0 Å². The second-order valence-electron chi connectivity index (χ2n) is 1.20. The first-order valence-corrected chi connectivity index (χ1v) is 2.16. The van der Waals surface area contributed by atoms with Gasteiger partial charge in [-0.2, -0.15) is 0 Å². The van der Waals surface area contributed by atoms with Crippen LogP contribution >= 0.6 is 0 Å². The minimum absolute atomic E-state index is 0.0903. The van der Waals surface area contributed by atoms with Crippen LogP contribution in [0, 0.1) is 0 Å². The van der Waals surface area contributed by atoms with E-state index in [-0.39, 0.29) is 5.70 Å². The van der Waals surface area contributed by atoms with Crippen molar-refractivity contribution in [2.75, 3.05) is 0 Å². The lowest BCUT2D eigenvalue weighted by atomic mass is 10.5. The molecule has 0 unspecified atom stereocenters. The minimum Gasteiger partial charge on any atom is -0.364 e. The molecule has 0 aromatic heterocycles. The van der Waals surface area contributed by atoms with Gasteiger partial charge in [0.05, 0.1) is 0 Å². The van der Waals surface area contributed by atoms with E-state index in [1.54, 1.807) is 6.92 Å². The highest BCUT2D eigenvalue weighted by molar-refractivity contribution is 5.92. The Labute approximate surface area is 47.9 Å². The molecule has 0 aliphatic carbocycles. The van der Waals surface area contributed by atoms with Crippen LogP contribution < -0.4 is 5.73 Å². The Morgan fingerprint density at radius 3 is 2.50 bits per heavy atom. The van der Waals surface area contributed by atoms with Crippen molar-refractivity contribution in [3.8, 4) is 0 Å². The third kappa shape index (κ3) is 2.12. The lowest BCUT2D eigenvalue weighted by molar-refractivity contribution is -0.114. The van der Waals surface area contributed by atoms with Crippen molar-refractivity contribution in [2.45, 2.75) is 6.92 Å². The molecule has 0 aromatic rings. The molecule has 0 fully saturated rings. The highest BCUT2D eigenvalue weighted by Gasteiger charge is 1.93. The molecular formula is C5H8N2O. The van der Waals surface area contributed by atoms with E-state index in [0.29, 0.717) is 0 Å². The van der Waals surface area contributed by atoms with Crippen molar-refractivity contribution < 1.29 is 4.79 Å². The molecule has 3 nitrogen and oxygen atoms in total. The maximum Gasteiger partial charge on any atom is 0.266 e. The summed E-state index contributed by atoms with van der Waals surface area (Å²) in [5.74, 6) is -0.580. The van der Waals surface area contributed by atoms with Crippen molar-refractivity contribution >= 4 is 12.1 Å². The minimum atomic E-state index is -0.580. The topological polar surface area (TPSA) is 55.4 Å². The zero-order valence-electron chi connectivity index (χ0n) is 4.72. The summed E-state index contributed by atoms with van der Waals surface area (Å²) >= 11 is 0. The summed E-state index contributed by atoms with van der Waals surface area (Å²) in [6, 6.07) is 0. The Morgan fingerprint density at radius 1 is 1.88 bits per heavy atom. The summed E-state index contributed by atoms with van der Waals surface area (Å²) < 4.78 is 0. The van der Waals surface area contributed by atoms with E-state index < -0.39 is 5.91 Å². The molecule has 44 valence electrons. The molecule has 1 amide bonds. The van der Waals surface area contributed by atoms with Crippen LogP contribution in [0.5, 0.6) is 0 Å². The third-order valence-electron chi connectivity index (χ3n) is 0.569. The van der Waals surface area contributed by atoms with Gasteiger partial charge in [0, 0.05) is 6.21 Å². The van der Waals surface area contributed by atoms with Crippen molar-refractivity contribution in [2.24, 2.45) is 10.7 Å². The summed E-state index contributed by atoms with van der Waals surface area (Å²) in [7, 11) is 0. The van der Waals surface area contributed by atoms with Gasteiger partial charge in [-0.05, 0) is 6.92 Å². The fourth-order valence-corrected chi connectivity index (χ4v) is 0.219.